The lowest BCUT2D eigenvalue weighted by molar-refractivity contribution is 1.09. The van der Waals surface area contributed by atoms with E-state index in [2.05, 4.69) is 191 Å². The van der Waals surface area contributed by atoms with Gasteiger partial charge in [-0.25, -0.2) is 0 Å². The number of fused-ring (bicyclic) bond motifs is 3. The number of thiophene rings is 1. The maximum absolute atomic E-state index is 4.06. The van der Waals surface area contributed by atoms with Gasteiger partial charge in [-0.05, 0) is 112 Å². The van der Waals surface area contributed by atoms with Gasteiger partial charge in [0.05, 0.1) is 0 Å². The van der Waals surface area contributed by atoms with Crippen LogP contribution in [0.15, 0.2) is 176 Å². The Bertz CT molecular complexity index is 2400. The number of hydrogen-bond donors (Lipinski definition) is 0. The van der Waals surface area contributed by atoms with Gasteiger partial charge in [-0.2, -0.15) is 0 Å². The standard InChI is InChI=1S/C49H42S/c1-5-9-15-34(7-3)36-16-10-17-37(25-24-36)39-18-11-19-40(28-39)41-20-12-21-42(29-41)43-22-13-23-44(30-43)45-26-27-46-47-31-35(8-4)38(14-6-2)32-49(47)50-48(46)33-45/h6-33,37H,4-5H2,1-3H3/b14-6-,15-9-,34-7+. The van der Waals surface area contributed by atoms with Crippen LogP contribution in [-0.2, 0) is 0 Å². The Kier molecular flexibility index (Phi) is 9.87. The summed E-state index contributed by atoms with van der Waals surface area (Å²) in [4.78, 5) is 0. The van der Waals surface area contributed by atoms with Crippen LogP contribution in [0.3, 0.4) is 0 Å². The highest BCUT2D eigenvalue weighted by molar-refractivity contribution is 7.25. The summed E-state index contributed by atoms with van der Waals surface area (Å²) in [6, 6.07) is 38.3. The summed E-state index contributed by atoms with van der Waals surface area (Å²) in [6.07, 6.45) is 25.1. The van der Waals surface area contributed by atoms with Crippen LogP contribution in [-0.4, -0.2) is 0 Å². The lowest BCUT2D eigenvalue weighted by Crippen LogP contribution is -1.92. The predicted molar refractivity (Wildman–Crippen MR) is 223 cm³/mol. The molecule has 1 aliphatic carbocycles. The van der Waals surface area contributed by atoms with Gasteiger partial charge in [0.15, 0.2) is 0 Å². The molecule has 0 fully saturated rings. The molecule has 1 aromatic heterocycles. The van der Waals surface area contributed by atoms with Gasteiger partial charge in [0.1, 0.15) is 0 Å². The van der Waals surface area contributed by atoms with Crippen LogP contribution in [0, 0.1) is 0 Å². The van der Waals surface area contributed by atoms with Crippen LogP contribution in [0.5, 0.6) is 0 Å². The molecule has 1 atom stereocenters. The van der Waals surface area contributed by atoms with Crippen molar-refractivity contribution in [3.8, 4) is 33.4 Å². The molecule has 0 amide bonds. The van der Waals surface area contributed by atoms with Crippen molar-refractivity contribution in [3.63, 3.8) is 0 Å². The smallest absolute Gasteiger partial charge is 0.0361 e. The fourth-order valence-electron chi connectivity index (χ4n) is 6.84. The van der Waals surface area contributed by atoms with Gasteiger partial charge in [0, 0.05) is 26.1 Å². The second-order valence-electron chi connectivity index (χ2n) is 12.7. The fraction of sp³-hybridized carbons (Fsp3) is 0.102. The first kappa shape index (κ1) is 33.0. The zero-order chi connectivity index (χ0) is 34.5. The molecule has 1 heteroatoms. The first-order valence-corrected chi connectivity index (χ1v) is 18.4. The maximum atomic E-state index is 4.06. The summed E-state index contributed by atoms with van der Waals surface area (Å²) in [5.74, 6) is 0.217. The largest absolute Gasteiger partial charge is 0.135 e. The van der Waals surface area contributed by atoms with Crippen molar-refractivity contribution in [2.24, 2.45) is 0 Å². The van der Waals surface area contributed by atoms with E-state index in [1.54, 1.807) is 0 Å². The summed E-state index contributed by atoms with van der Waals surface area (Å²) < 4.78 is 2.61. The van der Waals surface area contributed by atoms with Gasteiger partial charge in [-0.3, -0.25) is 0 Å². The summed E-state index contributed by atoms with van der Waals surface area (Å²) >= 11 is 1.86. The Morgan fingerprint density at radius 1 is 0.700 bits per heavy atom. The topological polar surface area (TPSA) is 0 Å². The molecule has 7 rings (SSSR count). The second-order valence-corrected chi connectivity index (χ2v) is 13.8. The van der Waals surface area contributed by atoms with Gasteiger partial charge in [0.2, 0.25) is 0 Å². The average Bonchev–Trinajstić information content (AvgIpc) is 3.33. The Balaban J connectivity index is 1.16. The molecule has 1 aliphatic rings. The van der Waals surface area contributed by atoms with Crippen molar-refractivity contribution in [1.82, 2.24) is 0 Å². The molecule has 244 valence electrons. The van der Waals surface area contributed by atoms with Crippen LogP contribution in [0.25, 0.3) is 65.7 Å². The van der Waals surface area contributed by atoms with E-state index in [1.165, 1.54) is 81.4 Å². The zero-order valence-electron chi connectivity index (χ0n) is 29.1. The van der Waals surface area contributed by atoms with Crippen LogP contribution in [0.1, 0.15) is 49.8 Å². The molecule has 0 radical (unpaired) electrons. The van der Waals surface area contributed by atoms with Crippen LogP contribution in [0.4, 0.5) is 0 Å². The Hall–Kier alpha value is -5.50. The van der Waals surface area contributed by atoms with Gasteiger partial charge < -0.3 is 0 Å². The molecule has 0 N–H and O–H groups in total. The third kappa shape index (κ3) is 6.83. The predicted octanol–water partition coefficient (Wildman–Crippen LogP) is 14.8. The first-order chi connectivity index (χ1) is 24.6. The van der Waals surface area contributed by atoms with E-state index in [0.717, 1.165) is 6.42 Å². The van der Waals surface area contributed by atoms with E-state index in [4.69, 9.17) is 0 Å². The zero-order valence-corrected chi connectivity index (χ0v) is 29.9. The fourth-order valence-corrected chi connectivity index (χ4v) is 8.02. The van der Waals surface area contributed by atoms with Gasteiger partial charge >= 0.3 is 0 Å². The normalized spacial score (nSPS) is 15.0. The van der Waals surface area contributed by atoms with Crippen LogP contribution < -0.4 is 0 Å². The van der Waals surface area contributed by atoms with Gasteiger partial charge in [-0.1, -0.05) is 153 Å². The van der Waals surface area contributed by atoms with Gasteiger partial charge in [0.25, 0.3) is 0 Å². The monoisotopic (exact) mass is 662 g/mol. The minimum Gasteiger partial charge on any atom is -0.135 e. The minimum atomic E-state index is 0.217. The molecule has 0 bridgehead atoms. The molecule has 1 unspecified atom stereocenters. The highest BCUT2D eigenvalue weighted by Crippen LogP contribution is 2.39. The minimum absolute atomic E-state index is 0.217. The maximum Gasteiger partial charge on any atom is 0.0361 e. The number of allylic oxidation sites excluding steroid dienone is 11. The van der Waals surface area contributed by atoms with Crippen LogP contribution >= 0.6 is 11.3 Å². The molecule has 0 nitrogen and oxygen atoms in total. The summed E-state index contributed by atoms with van der Waals surface area (Å²) in [5, 5.41) is 2.60. The van der Waals surface area contributed by atoms with E-state index in [1.807, 2.05) is 17.4 Å². The molecule has 5 aromatic carbocycles. The Morgan fingerprint density at radius 3 is 2.02 bits per heavy atom. The van der Waals surface area contributed by atoms with Crippen molar-refractivity contribution >= 4 is 43.7 Å². The Morgan fingerprint density at radius 2 is 1.36 bits per heavy atom. The lowest BCUT2D eigenvalue weighted by Gasteiger charge is -2.12. The van der Waals surface area contributed by atoms with E-state index in [0.29, 0.717) is 0 Å². The number of rotatable bonds is 9. The van der Waals surface area contributed by atoms with E-state index in [9.17, 15) is 0 Å². The van der Waals surface area contributed by atoms with Crippen molar-refractivity contribution in [2.75, 3.05) is 0 Å². The van der Waals surface area contributed by atoms with Crippen molar-refractivity contribution in [1.29, 1.82) is 0 Å². The van der Waals surface area contributed by atoms with Crippen molar-refractivity contribution in [2.45, 2.75) is 33.1 Å². The molecule has 0 spiro atoms. The molecule has 6 aromatic rings. The Labute approximate surface area is 301 Å². The third-order valence-electron chi connectivity index (χ3n) is 9.49. The number of hydrogen-bond acceptors (Lipinski definition) is 1. The summed E-state index contributed by atoms with van der Waals surface area (Å²) in [6.45, 7) is 10.4. The molecule has 50 heavy (non-hydrogen) atoms. The highest BCUT2D eigenvalue weighted by atomic mass is 32.1. The quantitative estimate of drug-likeness (QED) is 0.135. The first-order valence-electron chi connectivity index (χ1n) is 17.5. The van der Waals surface area contributed by atoms with Gasteiger partial charge in [-0.15, -0.1) is 11.3 Å². The van der Waals surface area contributed by atoms with E-state index in [-0.39, 0.29) is 5.92 Å². The van der Waals surface area contributed by atoms with E-state index >= 15 is 0 Å². The lowest BCUT2D eigenvalue weighted by atomic mass is 9.92. The molecule has 0 aliphatic heterocycles. The molecule has 0 saturated heterocycles. The third-order valence-corrected chi connectivity index (χ3v) is 10.6. The van der Waals surface area contributed by atoms with Crippen molar-refractivity contribution < 1.29 is 0 Å². The molecule has 0 saturated carbocycles. The molecular formula is C49H42S. The average molecular weight is 663 g/mol. The van der Waals surface area contributed by atoms with Crippen molar-refractivity contribution in [3.05, 3.63) is 192 Å². The van der Waals surface area contributed by atoms with E-state index < -0.39 is 0 Å². The summed E-state index contributed by atoms with van der Waals surface area (Å²) in [5.41, 5.74) is 13.5. The SMILES string of the molecule is C=Cc1cc2c(cc1/C=C\C)sc1cc(-c3cccc(-c4cccc(-c5cccc(C6C=CC=C(C(/C=C\CC)=C/C)C=C6)c5)c4)c3)ccc12. The van der Waals surface area contributed by atoms with Crippen LogP contribution in [0.2, 0.25) is 0 Å². The molecule has 1 heterocycles. The second kappa shape index (κ2) is 14.9. The highest BCUT2D eigenvalue weighted by Gasteiger charge is 2.12. The summed E-state index contributed by atoms with van der Waals surface area (Å²) in [7, 11) is 0. The number of benzene rings is 5. The molecular weight excluding hydrogens is 621 g/mol.